The molecule has 30 heavy (non-hydrogen) atoms. The quantitative estimate of drug-likeness (QED) is 0.570. The second kappa shape index (κ2) is 9.45. The number of halogens is 1. The Morgan fingerprint density at radius 2 is 2.07 bits per heavy atom. The fourth-order valence-corrected chi connectivity index (χ4v) is 3.43. The highest BCUT2D eigenvalue weighted by Gasteiger charge is 2.13. The van der Waals surface area contributed by atoms with Crippen molar-refractivity contribution in [3.63, 3.8) is 0 Å². The third-order valence-corrected chi connectivity index (χ3v) is 5.04. The summed E-state index contributed by atoms with van der Waals surface area (Å²) >= 11 is 6.30. The molecule has 0 aliphatic heterocycles. The summed E-state index contributed by atoms with van der Waals surface area (Å²) in [6.07, 6.45) is 6.88. The fraction of sp³-hybridized carbons (Fsp3) is 0.227. The molecule has 2 aromatic heterocycles. The molecule has 2 N–H and O–H groups in total. The van der Waals surface area contributed by atoms with Crippen molar-refractivity contribution in [2.45, 2.75) is 6.54 Å². The Bertz CT molecular complexity index is 1090. The van der Waals surface area contributed by atoms with Gasteiger partial charge in [0.15, 0.2) is 0 Å². The first kappa shape index (κ1) is 21.4. The van der Waals surface area contributed by atoms with Crippen LogP contribution in [0.3, 0.4) is 0 Å². The maximum Gasteiger partial charge on any atom is 0.246 e. The van der Waals surface area contributed by atoms with Crippen molar-refractivity contribution in [3.8, 4) is 0 Å². The van der Waals surface area contributed by atoms with Gasteiger partial charge in [0.25, 0.3) is 0 Å². The molecular formula is C22H24ClN5O2. The molecule has 0 saturated heterocycles. The zero-order valence-electron chi connectivity index (χ0n) is 17.1. The third-order valence-electron chi connectivity index (χ3n) is 4.73. The number of aromatic nitrogens is 2. The number of para-hydroxylation sites is 1. The number of aryl methyl sites for hydroxylation is 1. The molecule has 2 amide bonds. The van der Waals surface area contributed by atoms with Gasteiger partial charge in [0.05, 0.1) is 17.1 Å². The molecule has 0 fully saturated rings. The van der Waals surface area contributed by atoms with Crippen LogP contribution in [0, 0.1) is 0 Å². The topological polar surface area (TPSA) is 79.3 Å². The minimum atomic E-state index is -0.122. The Hall–Kier alpha value is -3.32. The van der Waals surface area contributed by atoms with Crippen molar-refractivity contribution in [2.24, 2.45) is 7.05 Å². The summed E-state index contributed by atoms with van der Waals surface area (Å²) in [6, 6.07) is 9.37. The van der Waals surface area contributed by atoms with Gasteiger partial charge in [0.1, 0.15) is 5.82 Å². The van der Waals surface area contributed by atoms with Gasteiger partial charge in [-0.2, -0.15) is 0 Å². The largest absolute Gasteiger partial charge is 0.361 e. The Labute approximate surface area is 180 Å². The van der Waals surface area contributed by atoms with E-state index in [-0.39, 0.29) is 18.4 Å². The number of hydrogen-bond donors (Lipinski definition) is 2. The zero-order chi connectivity index (χ0) is 21.7. The third kappa shape index (κ3) is 4.99. The monoisotopic (exact) mass is 425 g/mol. The second-order valence-corrected chi connectivity index (χ2v) is 7.34. The van der Waals surface area contributed by atoms with E-state index in [9.17, 15) is 9.59 Å². The molecular weight excluding hydrogens is 402 g/mol. The van der Waals surface area contributed by atoms with Crippen molar-refractivity contribution < 1.29 is 9.59 Å². The molecule has 156 valence electrons. The van der Waals surface area contributed by atoms with Gasteiger partial charge < -0.3 is 20.1 Å². The summed E-state index contributed by atoms with van der Waals surface area (Å²) in [5.74, 6) is 0.354. The van der Waals surface area contributed by atoms with Crippen LogP contribution >= 0.6 is 11.6 Å². The van der Waals surface area contributed by atoms with Crippen molar-refractivity contribution in [1.82, 2.24) is 19.8 Å². The molecule has 0 saturated carbocycles. The average molecular weight is 426 g/mol. The van der Waals surface area contributed by atoms with Gasteiger partial charge in [0, 0.05) is 51.5 Å². The predicted molar refractivity (Wildman–Crippen MR) is 120 cm³/mol. The van der Waals surface area contributed by atoms with Crippen LogP contribution in [0.1, 0.15) is 11.1 Å². The van der Waals surface area contributed by atoms with Gasteiger partial charge in [0.2, 0.25) is 11.8 Å². The van der Waals surface area contributed by atoms with E-state index in [1.807, 2.05) is 42.1 Å². The summed E-state index contributed by atoms with van der Waals surface area (Å²) in [4.78, 5) is 29.7. The van der Waals surface area contributed by atoms with Gasteiger partial charge in [-0.05, 0) is 35.4 Å². The van der Waals surface area contributed by atoms with Crippen LogP contribution < -0.4 is 10.6 Å². The molecule has 3 aromatic rings. The molecule has 1 aromatic carbocycles. The lowest BCUT2D eigenvalue weighted by atomic mass is 10.1. The van der Waals surface area contributed by atoms with E-state index in [4.69, 9.17) is 11.6 Å². The minimum absolute atomic E-state index is 0.115. The highest BCUT2D eigenvalue weighted by molar-refractivity contribution is 6.35. The van der Waals surface area contributed by atoms with Gasteiger partial charge >= 0.3 is 0 Å². The number of carbonyl (C=O) groups excluding carboxylic acids is 2. The minimum Gasteiger partial charge on any atom is -0.361 e. The van der Waals surface area contributed by atoms with Gasteiger partial charge in [-0.3, -0.25) is 9.59 Å². The van der Waals surface area contributed by atoms with Crippen LogP contribution in [0.4, 0.5) is 5.82 Å². The molecule has 3 rings (SSSR count). The van der Waals surface area contributed by atoms with Crippen molar-refractivity contribution in [3.05, 3.63) is 65.0 Å². The van der Waals surface area contributed by atoms with Crippen LogP contribution in [0.5, 0.6) is 0 Å². The molecule has 0 spiro atoms. The number of likely N-dealkylation sites (N-methyl/N-ethyl adjacent to an activating group) is 2. The number of rotatable bonds is 7. The number of carbonyl (C=O) groups is 2. The highest BCUT2D eigenvalue weighted by Crippen LogP contribution is 2.28. The highest BCUT2D eigenvalue weighted by atomic mass is 35.5. The number of fused-ring (bicyclic) bond motifs is 1. The number of hydrogen-bond acceptors (Lipinski definition) is 4. The molecule has 0 aliphatic rings. The SMILES string of the molecule is CNC(=O)CNc1ccc(C=CC(=O)N(C)Cc2cn(C)c3c(Cl)cccc23)cn1. The first-order valence-corrected chi connectivity index (χ1v) is 9.83. The molecule has 0 bridgehead atoms. The molecule has 0 aliphatic carbocycles. The summed E-state index contributed by atoms with van der Waals surface area (Å²) in [5, 5.41) is 7.18. The molecule has 0 atom stereocenters. The van der Waals surface area contributed by atoms with Crippen LogP contribution in [-0.4, -0.2) is 46.9 Å². The Morgan fingerprint density at radius 3 is 2.77 bits per heavy atom. The van der Waals surface area contributed by atoms with Crippen LogP contribution in [0.2, 0.25) is 5.02 Å². The number of amides is 2. The summed E-state index contributed by atoms with van der Waals surface area (Å²) in [6.45, 7) is 0.628. The van der Waals surface area contributed by atoms with E-state index in [1.165, 1.54) is 6.08 Å². The van der Waals surface area contributed by atoms with Gasteiger partial charge in [-0.15, -0.1) is 0 Å². The molecule has 7 nitrogen and oxygen atoms in total. The van der Waals surface area contributed by atoms with E-state index in [0.29, 0.717) is 17.4 Å². The maximum absolute atomic E-state index is 12.5. The Balaban J connectivity index is 1.62. The van der Waals surface area contributed by atoms with Crippen LogP contribution in [-0.2, 0) is 23.2 Å². The van der Waals surface area contributed by atoms with Crippen LogP contribution in [0.15, 0.2) is 48.8 Å². The smallest absolute Gasteiger partial charge is 0.246 e. The van der Waals surface area contributed by atoms with E-state index >= 15 is 0 Å². The van der Waals surface area contributed by atoms with Crippen molar-refractivity contribution in [1.29, 1.82) is 0 Å². The lowest BCUT2D eigenvalue weighted by molar-refractivity contribution is -0.125. The fourth-order valence-electron chi connectivity index (χ4n) is 3.12. The summed E-state index contributed by atoms with van der Waals surface area (Å²) < 4.78 is 1.98. The molecule has 0 radical (unpaired) electrons. The van der Waals surface area contributed by atoms with E-state index < -0.39 is 0 Å². The lowest BCUT2D eigenvalue weighted by Crippen LogP contribution is -2.26. The summed E-state index contributed by atoms with van der Waals surface area (Å²) in [5.41, 5.74) is 2.79. The Morgan fingerprint density at radius 1 is 1.27 bits per heavy atom. The number of anilines is 1. The predicted octanol–water partition coefficient (Wildman–Crippen LogP) is 3.06. The summed E-state index contributed by atoms with van der Waals surface area (Å²) in [7, 11) is 5.29. The first-order valence-electron chi connectivity index (χ1n) is 9.45. The average Bonchev–Trinajstić information content (AvgIpc) is 3.07. The molecule has 8 heteroatoms. The van der Waals surface area contributed by atoms with E-state index in [1.54, 1.807) is 37.3 Å². The van der Waals surface area contributed by atoms with E-state index in [2.05, 4.69) is 15.6 Å². The van der Waals surface area contributed by atoms with Crippen molar-refractivity contribution in [2.75, 3.05) is 26.0 Å². The van der Waals surface area contributed by atoms with E-state index in [0.717, 1.165) is 22.0 Å². The lowest BCUT2D eigenvalue weighted by Gasteiger charge is -2.14. The molecule has 0 unspecified atom stereocenters. The molecule has 2 heterocycles. The Kier molecular flexibility index (Phi) is 6.74. The maximum atomic E-state index is 12.5. The first-order chi connectivity index (χ1) is 14.4. The zero-order valence-corrected chi connectivity index (χ0v) is 17.9. The van der Waals surface area contributed by atoms with Gasteiger partial charge in [-0.1, -0.05) is 23.7 Å². The van der Waals surface area contributed by atoms with Gasteiger partial charge in [-0.25, -0.2) is 4.98 Å². The van der Waals surface area contributed by atoms with Crippen LogP contribution in [0.25, 0.3) is 17.0 Å². The second-order valence-electron chi connectivity index (χ2n) is 6.93. The standard InChI is InChI=1S/C22H24ClN5O2/c1-24-20(29)12-26-19-9-7-15(11-25-19)8-10-21(30)27(2)13-16-14-28(3)22-17(16)5-4-6-18(22)23/h4-11,14H,12-13H2,1-3H3,(H,24,29)(H,25,26). The number of pyridine rings is 1. The number of nitrogens with one attached hydrogen (secondary N) is 2. The number of nitrogens with zero attached hydrogens (tertiary/aromatic N) is 3. The number of benzene rings is 1. The normalized spacial score (nSPS) is 11.1. The van der Waals surface area contributed by atoms with Crippen molar-refractivity contribution >= 4 is 46.2 Å².